The van der Waals surface area contributed by atoms with Gasteiger partial charge >= 0.3 is 0 Å². The van der Waals surface area contributed by atoms with Gasteiger partial charge < -0.3 is 13.9 Å². The summed E-state index contributed by atoms with van der Waals surface area (Å²) in [5, 5.41) is 19.3. The number of aromatic nitrogens is 1. The fourth-order valence-corrected chi connectivity index (χ4v) is 10.5. The van der Waals surface area contributed by atoms with E-state index in [-0.39, 0.29) is 0 Å². The molecule has 0 amide bonds. The molecule has 6 heteroatoms. The maximum Gasteiger partial charge on any atom is 0.135 e. The Morgan fingerprint density at radius 2 is 1.09 bits per heavy atom. The minimum Gasteiger partial charge on any atom is -0.456 e. The molecule has 12 aromatic rings. The average molecular weight is 889 g/mol. The predicted octanol–water partition coefficient (Wildman–Crippen LogP) is 16.7. The molecule has 68 heavy (non-hydrogen) atoms. The molecular formula is C62H40N4OS. The molecule has 0 unspecified atom stereocenters. The van der Waals surface area contributed by atoms with E-state index in [1.165, 1.54) is 37.8 Å². The standard InChI is InChI=1S/C62H40N4OS/c63-60-50(43-23-30-47(31-24-43)66-55-34-26-41-13-4-6-17-49(41)59(55)53-32-25-42-14-5-7-18-51(42)62(53)66)33-35-56(61(60)64-68)65(46-28-21-40(22-29-46)39-11-2-1-3-12-39)48-16-10-15-44(37-48)45-27-36-58-54(38-45)52-19-8-9-20-57(52)67-58/h1-38,63,68H. The summed E-state index contributed by atoms with van der Waals surface area (Å²) >= 11 is 4.57. The molecule has 2 aromatic heterocycles. The zero-order chi connectivity index (χ0) is 45.3. The quantitative estimate of drug-likeness (QED) is 0.124. The second-order valence-electron chi connectivity index (χ2n) is 17.3. The Morgan fingerprint density at radius 1 is 0.456 bits per heavy atom. The Balaban J connectivity index is 0.923. The van der Waals surface area contributed by atoms with Crippen molar-refractivity contribution in [3.05, 3.63) is 242 Å². The van der Waals surface area contributed by atoms with Crippen molar-refractivity contribution < 1.29 is 4.42 Å². The molecule has 0 fully saturated rings. The highest BCUT2D eigenvalue weighted by Gasteiger charge is 2.28. The number of nitrogens with one attached hydrogen (secondary N) is 1. The molecule has 0 aliphatic heterocycles. The second-order valence-corrected chi connectivity index (χ2v) is 17.5. The van der Waals surface area contributed by atoms with Crippen LogP contribution < -0.4 is 4.90 Å². The Kier molecular flexibility index (Phi) is 9.34. The van der Waals surface area contributed by atoms with Crippen molar-refractivity contribution in [2.75, 3.05) is 4.90 Å². The first kappa shape index (κ1) is 39.6. The van der Waals surface area contributed by atoms with Gasteiger partial charge in [0.1, 0.15) is 16.9 Å². The van der Waals surface area contributed by atoms with Crippen LogP contribution in [0.15, 0.2) is 245 Å². The summed E-state index contributed by atoms with van der Waals surface area (Å²) in [6, 6.07) is 76.9. The van der Waals surface area contributed by atoms with E-state index >= 15 is 0 Å². The van der Waals surface area contributed by atoms with Crippen LogP contribution in [0.4, 0.5) is 11.4 Å². The normalized spacial score (nSPS) is 13.6. The van der Waals surface area contributed by atoms with Gasteiger partial charge in [0.15, 0.2) is 0 Å². The summed E-state index contributed by atoms with van der Waals surface area (Å²) < 4.78 is 13.1. The van der Waals surface area contributed by atoms with Crippen LogP contribution in [0.1, 0.15) is 5.56 Å². The molecule has 1 aliphatic carbocycles. The van der Waals surface area contributed by atoms with Crippen LogP contribution >= 0.6 is 12.8 Å². The van der Waals surface area contributed by atoms with Gasteiger partial charge in [-0.2, -0.15) is 0 Å². The molecule has 0 bridgehead atoms. The van der Waals surface area contributed by atoms with Crippen LogP contribution in [-0.4, -0.2) is 16.0 Å². The van der Waals surface area contributed by atoms with E-state index in [4.69, 9.17) is 4.42 Å². The SMILES string of the molecule is N=C1C(c2ccc(-n3c4ccc5ccccc5c4c4ccc5ccccc5c43)cc2)=CC=C(N(c2ccc(-c3ccccc3)cc2)c2cccc(-c3ccc4oc5ccccc5c4c3)c2)C1=NS. The molecule has 320 valence electrons. The number of furan rings is 1. The summed E-state index contributed by atoms with van der Waals surface area (Å²) in [6.45, 7) is 0. The molecule has 0 saturated heterocycles. The highest BCUT2D eigenvalue weighted by molar-refractivity contribution is 7.79. The number of anilines is 2. The number of allylic oxidation sites excluding steroid dienone is 4. The lowest BCUT2D eigenvalue weighted by Gasteiger charge is -2.31. The van der Waals surface area contributed by atoms with Gasteiger partial charge in [0.2, 0.25) is 0 Å². The summed E-state index contributed by atoms with van der Waals surface area (Å²) in [5.74, 6) is 0. The van der Waals surface area contributed by atoms with Gasteiger partial charge in [-0.05, 0) is 130 Å². The number of nitrogens with zero attached hydrogens (tertiary/aromatic N) is 3. The van der Waals surface area contributed by atoms with Crippen LogP contribution in [0.2, 0.25) is 0 Å². The van der Waals surface area contributed by atoms with E-state index in [0.717, 1.165) is 83.6 Å². The van der Waals surface area contributed by atoms with Crippen molar-refractivity contribution in [2.24, 2.45) is 4.40 Å². The minimum atomic E-state index is 0.291. The van der Waals surface area contributed by atoms with Gasteiger partial charge in [0.05, 0.1) is 22.4 Å². The lowest BCUT2D eigenvalue weighted by Crippen LogP contribution is -2.30. The average Bonchev–Trinajstić information content (AvgIpc) is 3.96. The van der Waals surface area contributed by atoms with E-state index in [1.807, 2.05) is 30.3 Å². The number of benzene rings is 10. The van der Waals surface area contributed by atoms with Crippen molar-refractivity contribution in [1.82, 2.24) is 4.57 Å². The van der Waals surface area contributed by atoms with Gasteiger partial charge in [-0.25, -0.2) is 4.40 Å². The summed E-state index contributed by atoms with van der Waals surface area (Å²) in [5.41, 5.74) is 14.5. The maximum atomic E-state index is 9.79. The monoisotopic (exact) mass is 888 g/mol. The number of para-hydroxylation sites is 1. The van der Waals surface area contributed by atoms with Gasteiger partial charge in [-0.1, -0.05) is 158 Å². The molecule has 2 heterocycles. The van der Waals surface area contributed by atoms with E-state index in [2.05, 4.69) is 227 Å². The van der Waals surface area contributed by atoms with Crippen molar-refractivity contribution in [3.63, 3.8) is 0 Å². The van der Waals surface area contributed by atoms with E-state index < -0.39 is 0 Å². The molecule has 0 saturated carbocycles. The molecule has 1 aliphatic rings. The van der Waals surface area contributed by atoms with Gasteiger partial charge in [-0.3, -0.25) is 5.41 Å². The zero-order valence-electron chi connectivity index (χ0n) is 36.6. The Morgan fingerprint density at radius 3 is 1.90 bits per heavy atom. The first-order valence-corrected chi connectivity index (χ1v) is 23.2. The van der Waals surface area contributed by atoms with Crippen LogP contribution in [0.3, 0.4) is 0 Å². The third kappa shape index (κ3) is 6.41. The number of rotatable bonds is 7. The predicted molar refractivity (Wildman–Crippen MR) is 289 cm³/mol. The summed E-state index contributed by atoms with van der Waals surface area (Å²) in [4.78, 5) is 2.18. The fraction of sp³-hybridized carbons (Fsp3) is 0. The Hall–Kier alpha value is -8.71. The molecule has 10 aromatic carbocycles. The van der Waals surface area contributed by atoms with Crippen molar-refractivity contribution in [1.29, 1.82) is 5.41 Å². The molecule has 1 N–H and O–H groups in total. The third-order valence-electron chi connectivity index (χ3n) is 13.5. The number of thiol groups is 1. The first-order chi connectivity index (χ1) is 33.6. The van der Waals surface area contributed by atoms with Crippen LogP contribution in [0.25, 0.3) is 98.8 Å². The minimum absolute atomic E-state index is 0.291. The van der Waals surface area contributed by atoms with Gasteiger partial charge in [-0.15, -0.1) is 0 Å². The third-order valence-corrected chi connectivity index (χ3v) is 13.7. The molecule has 0 spiro atoms. The van der Waals surface area contributed by atoms with Gasteiger partial charge in [0.25, 0.3) is 0 Å². The van der Waals surface area contributed by atoms with Crippen LogP contribution in [0.5, 0.6) is 0 Å². The lowest BCUT2D eigenvalue weighted by molar-refractivity contribution is 0.669. The van der Waals surface area contributed by atoms with Crippen LogP contribution in [0, 0.1) is 5.41 Å². The smallest absolute Gasteiger partial charge is 0.135 e. The summed E-state index contributed by atoms with van der Waals surface area (Å²) in [7, 11) is 0. The van der Waals surface area contributed by atoms with E-state index in [1.54, 1.807) is 0 Å². The van der Waals surface area contributed by atoms with E-state index in [0.29, 0.717) is 11.4 Å². The molecule has 0 atom stereocenters. The second kappa shape index (κ2) is 16.0. The van der Waals surface area contributed by atoms with E-state index in [9.17, 15) is 5.41 Å². The van der Waals surface area contributed by atoms with Gasteiger partial charge in [0, 0.05) is 49.6 Å². The first-order valence-electron chi connectivity index (χ1n) is 22.8. The molecule has 13 rings (SSSR count). The number of hydrogen-bond donors (Lipinski definition) is 2. The molecule has 5 nitrogen and oxygen atoms in total. The largest absolute Gasteiger partial charge is 0.456 e. The fourth-order valence-electron chi connectivity index (χ4n) is 10.3. The number of hydrogen-bond acceptors (Lipinski definition) is 5. The Labute approximate surface area is 397 Å². The highest BCUT2D eigenvalue weighted by Crippen LogP contribution is 2.42. The molecule has 0 radical (unpaired) electrons. The van der Waals surface area contributed by atoms with Crippen molar-refractivity contribution in [2.45, 2.75) is 0 Å². The topological polar surface area (TPSA) is 57.5 Å². The van der Waals surface area contributed by atoms with Crippen LogP contribution in [-0.2, 0) is 0 Å². The maximum absolute atomic E-state index is 9.79. The Bertz CT molecular complexity index is 4100. The van der Waals surface area contributed by atoms with Crippen molar-refractivity contribution >= 4 is 106 Å². The highest BCUT2D eigenvalue weighted by atomic mass is 32.1. The number of fused-ring (bicyclic) bond motifs is 10. The van der Waals surface area contributed by atoms with Crippen molar-refractivity contribution in [3.8, 4) is 27.9 Å². The zero-order valence-corrected chi connectivity index (χ0v) is 37.5. The lowest BCUT2D eigenvalue weighted by atomic mass is 9.91. The summed E-state index contributed by atoms with van der Waals surface area (Å²) in [6.07, 6.45) is 4.12. The molecular weight excluding hydrogens is 849 g/mol.